The van der Waals surface area contributed by atoms with E-state index < -0.39 is 16.0 Å². The second-order valence-electron chi connectivity index (χ2n) is 4.86. The van der Waals surface area contributed by atoms with Gasteiger partial charge in [-0.3, -0.25) is 9.10 Å². The molecular weight excluding hydrogens is 334 g/mol. The highest BCUT2D eigenvalue weighted by Gasteiger charge is 2.23. The summed E-state index contributed by atoms with van der Waals surface area (Å²) in [5, 5.41) is 11.5. The van der Waals surface area contributed by atoms with Gasteiger partial charge in [-0.2, -0.15) is 0 Å². The van der Waals surface area contributed by atoms with Crippen LogP contribution in [0.2, 0.25) is 0 Å². The van der Waals surface area contributed by atoms with Crippen molar-refractivity contribution in [1.82, 2.24) is 4.98 Å². The van der Waals surface area contributed by atoms with Gasteiger partial charge in [-0.05, 0) is 36.4 Å². The molecule has 0 atom stereocenters. The zero-order valence-electron chi connectivity index (χ0n) is 12.9. The molecule has 2 rings (SSSR count). The second-order valence-corrected chi connectivity index (χ2v) is 6.83. The average molecular weight is 349 g/mol. The predicted octanol–water partition coefficient (Wildman–Crippen LogP) is 1.56. The molecule has 1 aromatic carbocycles. The summed E-state index contributed by atoms with van der Waals surface area (Å²) in [5.41, 5.74) is 0.214. The first-order chi connectivity index (χ1) is 11.2. The van der Waals surface area contributed by atoms with Crippen molar-refractivity contribution < 1.29 is 23.1 Å². The van der Waals surface area contributed by atoms with Gasteiger partial charge in [-0.25, -0.2) is 18.2 Å². The Morgan fingerprint density at radius 1 is 1.12 bits per heavy atom. The normalized spacial score (nSPS) is 10.9. The monoisotopic (exact) mass is 349 g/mol. The highest BCUT2D eigenvalue weighted by Crippen LogP contribution is 2.22. The molecule has 0 aliphatic carbocycles. The smallest absolute Gasteiger partial charge is 0.354 e. The Balaban J connectivity index is 2.33. The lowest BCUT2D eigenvalue weighted by Gasteiger charge is -2.18. The van der Waals surface area contributed by atoms with Crippen LogP contribution in [0.5, 0.6) is 0 Å². The number of nitrogens with one attached hydrogen (secondary N) is 1. The molecule has 24 heavy (non-hydrogen) atoms. The van der Waals surface area contributed by atoms with Crippen LogP contribution in [0.15, 0.2) is 47.4 Å². The highest BCUT2D eigenvalue weighted by atomic mass is 32.2. The van der Waals surface area contributed by atoms with Gasteiger partial charge in [-0.15, -0.1) is 0 Å². The molecule has 0 unspecified atom stereocenters. The molecule has 0 spiro atoms. The molecule has 0 radical (unpaired) electrons. The zero-order valence-corrected chi connectivity index (χ0v) is 13.7. The second kappa shape index (κ2) is 6.67. The fourth-order valence-electron chi connectivity index (χ4n) is 1.91. The van der Waals surface area contributed by atoms with Crippen LogP contribution in [-0.4, -0.2) is 37.4 Å². The predicted molar refractivity (Wildman–Crippen MR) is 87.5 cm³/mol. The van der Waals surface area contributed by atoms with E-state index in [1.54, 1.807) is 0 Å². The number of amides is 1. The van der Waals surface area contributed by atoms with Crippen LogP contribution >= 0.6 is 0 Å². The van der Waals surface area contributed by atoms with Crippen molar-refractivity contribution in [3.05, 3.63) is 48.2 Å². The summed E-state index contributed by atoms with van der Waals surface area (Å²) in [6.07, 6.45) is 0. The van der Waals surface area contributed by atoms with Gasteiger partial charge < -0.3 is 10.4 Å². The Labute approximate surface area is 138 Å². The van der Waals surface area contributed by atoms with E-state index in [1.165, 1.54) is 56.4 Å². The van der Waals surface area contributed by atoms with Gasteiger partial charge in [0, 0.05) is 19.7 Å². The molecular formula is C15H15N3O5S. The van der Waals surface area contributed by atoms with Gasteiger partial charge in [0.15, 0.2) is 5.69 Å². The lowest BCUT2D eigenvalue weighted by molar-refractivity contribution is -0.114. The number of carbonyl (C=O) groups is 2. The van der Waals surface area contributed by atoms with E-state index in [1.807, 2.05) is 0 Å². The molecule has 126 valence electrons. The third-order valence-corrected chi connectivity index (χ3v) is 4.89. The number of pyridine rings is 1. The minimum Gasteiger partial charge on any atom is -0.477 e. The maximum absolute atomic E-state index is 12.6. The standard InChI is InChI=1S/C15H15N3O5S/c1-10(19)16-11-6-8-12(9-7-11)24(22,23)18(2)14-5-3-4-13(17-14)15(20)21/h3-9H,1-2H3,(H,16,19)(H,20,21). The molecule has 9 heteroatoms. The number of carbonyl (C=O) groups excluding carboxylic acids is 1. The summed E-state index contributed by atoms with van der Waals surface area (Å²) >= 11 is 0. The molecule has 0 saturated carbocycles. The summed E-state index contributed by atoms with van der Waals surface area (Å²) in [6, 6.07) is 9.70. The number of hydrogen-bond donors (Lipinski definition) is 2. The number of benzene rings is 1. The van der Waals surface area contributed by atoms with E-state index in [2.05, 4.69) is 10.3 Å². The van der Waals surface area contributed by atoms with Crippen molar-refractivity contribution in [2.75, 3.05) is 16.7 Å². The molecule has 0 aliphatic heterocycles. The minimum absolute atomic E-state index is 0.0124. The number of sulfonamides is 1. The highest BCUT2D eigenvalue weighted by molar-refractivity contribution is 7.92. The van der Waals surface area contributed by atoms with Crippen molar-refractivity contribution in [3.8, 4) is 0 Å². The molecule has 0 saturated heterocycles. The summed E-state index contributed by atoms with van der Waals surface area (Å²) in [5.74, 6) is -1.53. The Morgan fingerprint density at radius 2 is 1.75 bits per heavy atom. The molecule has 2 aromatic rings. The van der Waals surface area contributed by atoms with E-state index in [-0.39, 0.29) is 22.3 Å². The lowest BCUT2D eigenvalue weighted by Crippen LogP contribution is -2.27. The number of carboxylic acids is 1. The molecule has 0 bridgehead atoms. The van der Waals surface area contributed by atoms with Crippen molar-refractivity contribution in [2.45, 2.75) is 11.8 Å². The lowest BCUT2D eigenvalue weighted by atomic mass is 10.3. The number of hydrogen-bond acceptors (Lipinski definition) is 5. The Morgan fingerprint density at radius 3 is 2.29 bits per heavy atom. The van der Waals surface area contributed by atoms with Gasteiger partial charge >= 0.3 is 5.97 Å². The minimum atomic E-state index is -3.91. The largest absolute Gasteiger partial charge is 0.477 e. The van der Waals surface area contributed by atoms with Crippen LogP contribution in [-0.2, 0) is 14.8 Å². The first-order valence-electron chi connectivity index (χ1n) is 6.79. The van der Waals surface area contributed by atoms with Gasteiger partial charge in [0.05, 0.1) is 4.90 Å². The van der Waals surface area contributed by atoms with Crippen LogP contribution < -0.4 is 9.62 Å². The van der Waals surface area contributed by atoms with Gasteiger partial charge in [-0.1, -0.05) is 6.07 Å². The number of carboxylic acid groups (broad SMARTS) is 1. The van der Waals surface area contributed by atoms with Crippen LogP contribution in [0.1, 0.15) is 17.4 Å². The van der Waals surface area contributed by atoms with Gasteiger partial charge in [0.2, 0.25) is 5.91 Å². The summed E-state index contributed by atoms with van der Waals surface area (Å²) in [4.78, 5) is 25.7. The van der Waals surface area contributed by atoms with Crippen LogP contribution in [0.4, 0.5) is 11.5 Å². The molecule has 2 N–H and O–H groups in total. The van der Waals surface area contributed by atoms with Gasteiger partial charge in [0.1, 0.15) is 5.82 Å². The fourth-order valence-corrected chi connectivity index (χ4v) is 3.06. The topological polar surface area (TPSA) is 117 Å². The zero-order chi connectivity index (χ0) is 17.9. The maximum Gasteiger partial charge on any atom is 0.354 e. The number of nitrogens with zero attached hydrogens (tertiary/aromatic N) is 2. The van der Waals surface area contributed by atoms with Crippen molar-refractivity contribution in [3.63, 3.8) is 0 Å². The average Bonchev–Trinajstić information content (AvgIpc) is 2.54. The van der Waals surface area contributed by atoms with E-state index in [9.17, 15) is 18.0 Å². The van der Waals surface area contributed by atoms with E-state index in [0.29, 0.717) is 5.69 Å². The number of aromatic nitrogens is 1. The summed E-state index contributed by atoms with van der Waals surface area (Å²) in [7, 11) is -2.63. The third-order valence-electron chi connectivity index (χ3n) is 3.11. The molecule has 1 aromatic heterocycles. The number of aromatic carboxylic acids is 1. The van der Waals surface area contributed by atoms with Crippen LogP contribution in [0.3, 0.4) is 0 Å². The fraction of sp³-hybridized carbons (Fsp3) is 0.133. The summed E-state index contributed by atoms with van der Waals surface area (Å²) in [6.45, 7) is 1.35. The Hall–Kier alpha value is -2.94. The van der Waals surface area contributed by atoms with Crippen molar-refractivity contribution in [1.29, 1.82) is 0 Å². The molecule has 0 fully saturated rings. The van der Waals surface area contributed by atoms with Crippen molar-refractivity contribution in [2.24, 2.45) is 0 Å². The first kappa shape index (κ1) is 17.4. The molecule has 0 aliphatic rings. The Bertz CT molecular complexity index is 878. The first-order valence-corrected chi connectivity index (χ1v) is 8.23. The van der Waals surface area contributed by atoms with E-state index in [4.69, 9.17) is 5.11 Å². The number of rotatable bonds is 5. The summed E-state index contributed by atoms with van der Waals surface area (Å²) < 4.78 is 26.1. The van der Waals surface area contributed by atoms with Crippen LogP contribution in [0.25, 0.3) is 0 Å². The quantitative estimate of drug-likeness (QED) is 0.846. The molecule has 1 amide bonds. The van der Waals surface area contributed by atoms with Gasteiger partial charge in [0.25, 0.3) is 10.0 Å². The van der Waals surface area contributed by atoms with E-state index in [0.717, 1.165) is 4.31 Å². The third kappa shape index (κ3) is 3.69. The Kier molecular flexibility index (Phi) is 4.84. The van der Waals surface area contributed by atoms with E-state index >= 15 is 0 Å². The SMILES string of the molecule is CC(=O)Nc1ccc(S(=O)(=O)N(C)c2cccc(C(=O)O)n2)cc1. The maximum atomic E-state index is 12.6. The molecule has 1 heterocycles. The van der Waals surface area contributed by atoms with Crippen LogP contribution in [0, 0.1) is 0 Å². The molecule has 8 nitrogen and oxygen atoms in total. The van der Waals surface area contributed by atoms with Crippen molar-refractivity contribution >= 4 is 33.4 Å². The number of anilines is 2.